The van der Waals surface area contributed by atoms with Gasteiger partial charge in [0.25, 0.3) is 5.56 Å². The van der Waals surface area contributed by atoms with E-state index in [9.17, 15) is 14.4 Å². The molecule has 2 heterocycles. The van der Waals surface area contributed by atoms with Crippen LogP contribution in [0.15, 0.2) is 76.3 Å². The minimum atomic E-state index is -0.630. The van der Waals surface area contributed by atoms with Crippen molar-refractivity contribution in [1.29, 1.82) is 0 Å². The van der Waals surface area contributed by atoms with E-state index >= 15 is 0 Å². The van der Waals surface area contributed by atoms with Gasteiger partial charge in [0.15, 0.2) is 11.5 Å². The molecule has 0 bridgehead atoms. The lowest BCUT2D eigenvalue weighted by molar-refractivity contribution is 0.000898. The normalized spacial score (nSPS) is 13.5. The lowest BCUT2D eigenvalue weighted by Gasteiger charge is -2.41. The maximum Gasteiger partial charge on any atom is 0.410 e. The van der Waals surface area contributed by atoms with Gasteiger partial charge in [-0.15, -0.1) is 0 Å². The second kappa shape index (κ2) is 11.6. The van der Waals surface area contributed by atoms with E-state index in [1.807, 2.05) is 51.1 Å². The first-order valence-electron chi connectivity index (χ1n) is 13.7. The SMILES string of the molecule is COc1ccc(Cn2c(=O)c3cc(OCc4ccccc4)ccc3n(C3CN(C(=O)OC(C)(C)C)C3)c2=O)cc1OC. The average Bonchev–Trinajstić information content (AvgIpc) is 2.94. The van der Waals surface area contributed by atoms with Crippen LogP contribution < -0.4 is 25.5 Å². The van der Waals surface area contributed by atoms with E-state index in [1.54, 1.807) is 53.0 Å². The molecule has 10 nitrogen and oxygen atoms in total. The Morgan fingerprint density at radius 2 is 1.60 bits per heavy atom. The van der Waals surface area contributed by atoms with Crippen molar-refractivity contribution in [2.24, 2.45) is 0 Å². The molecule has 42 heavy (non-hydrogen) atoms. The van der Waals surface area contributed by atoms with E-state index < -0.39 is 22.9 Å². The fourth-order valence-electron chi connectivity index (χ4n) is 4.94. The Kier molecular flexibility index (Phi) is 7.98. The molecule has 0 saturated carbocycles. The first kappa shape index (κ1) is 28.8. The van der Waals surface area contributed by atoms with Crippen LogP contribution in [0, 0.1) is 0 Å². The number of carbonyl (C=O) groups excluding carboxylic acids is 1. The molecule has 0 N–H and O–H groups in total. The molecule has 1 fully saturated rings. The Hall–Kier alpha value is -4.73. The number of nitrogens with zero attached hydrogens (tertiary/aromatic N) is 3. The summed E-state index contributed by atoms with van der Waals surface area (Å²) in [5.41, 5.74) is 0.635. The van der Waals surface area contributed by atoms with E-state index in [1.165, 1.54) is 11.7 Å². The number of rotatable bonds is 8. The van der Waals surface area contributed by atoms with Gasteiger partial charge >= 0.3 is 11.8 Å². The maximum atomic E-state index is 13.9. The van der Waals surface area contributed by atoms with Gasteiger partial charge in [0.2, 0.25) is 0 Å². The van der Waals surface area contributed by atoms with Crippen LogP contribution in [0.4, 0.5) is 4.79 Å². The molecule has 1 amide bonds. The fraction of sp³-hybridized carbons (Fsp3) is 0.344. The number of hydrogen-bond acceptors (Lipinski definition) is 7. The largest absolute Gasteiger partial charge is 0.493 e. The third-order valence-corrected chi connectivity index (χ3v) is 7.06. The molecular weight excluding hydrogens is 538 g/mol. The zero-order valence-corrected chi connectivity index (χ0v) is 24.5. The van der Waals surface area contributed by atoms with Crippen LogP contribution in [0.2, 0.25) is 0 Å². The molecule has 1 aliphatic rings. The minimum absolute atomic E-state index is 0.0194. The van der Waals surface area contributed by atoms with Crippen LogP contribution in [0.5, 0.6) is 17.2 Å². The van der Waals surface area contributed by atoms with Crippen molar-refractivity contribution in [3.05, 3.63) is 98.7 Å². The van der Waals surface area contributed by atoms with Crippen LogP contribution in [0.25, 0.3) is 10.9 Å². The standard InChI is InChI=1S/C32H35N3O7/c1-32(2,3)42-31(38)33-18-23(19-33)35-26-13-12-24(41-20-21-9-7-6-8-10-21)16-25(26)29(36)34(30(35)37)17-22-11-14-27(39-4)28(15-22)40-5/h6-16,23H,17-20H2,1-5H3. The number of benzene rings is 3. The molecule has 0 radical (unpaired) electrons. The summed E-state index contributed by atoms with van der Waals surface area (Å²) >= 11 is 0. The van der Waals surface area contributed by atoms with Crippen LogP contribution in [-0.2, 0) is 17.9 Å². The van der Waals surface area contributed by atoms with Gasteiger partial charge in [0, 0.05) is 13.1 Å². The maximum absolute atomic E-state index is 13.9. The van der Waals surface area contributed by atoms with Crippen molar-refractivity contribution in [2.75, 3.05) is 27.3 Å². The summed E-state index contributed by atoms with van der Waals surface area (Å²) in [5, 5.41) is 0.344. The molecule has 0 spiro atoms. The Bertz CT molecular complexity index is 1710. The van der Waals surface area contributed by atoms with E-state index in [2.05, 4.69) is 0 Å². The van der Waals surface area contributed by atoms with E-state index in [4.69, 9.17) is 18.9 Å². The number of aromatic nitrogens is 2. The summed E-state index contributed by atoms with van der Waals surface area (Å²) in [6, 6.07) is 19.8. The number of methoxy groups -OCH3 is 2. The average molecular weight is 574 g/mol. The Morgan fingerprint density at radius 3 is 2.26 bits per heavy atom. The molecule has 4 aromatic rings. The minimum Gasteiger partial charge on any atom is -0.493 e. The van der Waals surface area contributed by atoms with Gasteiger partial charge < -0.3 is 23.8 Å². The monoisotopic (exact) mass is 573 g/mol. The predicted molar refractivity (Wildman–Crippen MR) is 159 cm³/mol. The number of carbonyl (C=O) groups is 1. The smallest absolute Gasteiger partial charge is 0.410 e. The van der Waals surface area contributed by atoms with Crippen molar-refractivity contribution in [1.82, 2.24) is 14.0 Å². The van der Waals surface area contributed by atoms with Gasteiger partial charge in [0.05, 0.1) is 37.7 Å². The van der Waals surface area contributed by atoms with Gasteiger partial charge in [-0.05, 0) is 62.2 Å². The van der Waals surface area contributed by atoms with Crippen LogP contribution in [-0.4, -0.2) is 53.0 Å². The second-order valence-electron chi connectivity index (χ2n) is 11.2. The molecular formula is C32H35N3O7. The summed E-state index contributed by atoms with van der Waals surface area (Å²) < 4.78 is 25.0. The van der Waals surface area contributed by atoms with Crippen molar-refractivity contribution in [2.45, 2.75) is 45.6 Å². The zero-order valence-electron chi connectivity index (χ0n) is 24.5. The first-order valence-corrected chi connectivity index (χ1v) is 13.7. The van der Waals surface area contributed by atoms with Crippen molar-refractivity contribution in [3.8, 4) is 17.2 Å². The molecule has 1 aliphatic heterocycles. The lowest BCUT2D eigenvalue weighted by Crippen LogP contribution is -2.55. The second-order valence-corrected chi connectivity index (χ2v) is 11.2. The lowest BCUT2D eigenvalue weighted by atomic mass is 10.1. The van der Waals surface area contributed by atoms with Gasteiger partial charge in [0.1, 0.15) is 18.0 Å². The highest BCUT2D eigenvalue weighted by molar-refractivity contribution is 5.80. The van der Waals surface area contributed by atoms with Crippen molar-refractivity contribution >= 4 is 17.0 Å². The highest BCUT2D eigenvalue weighted by atomic mass is 16.6. The highest BCUT2D eigenvalue weighted by Gasteiger charge is 2.36. The molecule has 3 aromatic carbocycles. The van der Waals surface area contributed by atoms with Crippen LogP contribution in [0.3, 0.4) is 0 Å². The third kappa shape index (κ3) is 5.97. The fourth-order valence-corrected chi connectivity index (χ4v) is 4.94. The van der Waals surface area contributed by atoms with Crippen LogP contribution >= 0.6 is 0 Å². The first-order chi connectivity index (χ1) is 20.1. The summed E-state index contributed by atoms with van der Waals surface area (Å²) in [6.45, 7) is 6.34. The number of ether oxygens (including phenoxy) is 4. The van der Waals surface area contributed by atoms with Gasteiger partial charge in [-0.2, -0.15) is 0 Å². The Balaban J connectivity index is 1.54. The van der Waals surface area contributed by atoms with Crippen LogP contribution in [0.1, 0.15) is 37.9 Å². The highest BCUT2D eigenvalue weighted by Crippen LogP contribution is 2.29. The van der Waals surface area contributed by atoms with Gasteiger partial charge in [-0.3, -0.25) is 13.9 Å². The summed E-state index contributed by atoms with van der Waals surface area (Å²) in [7, 11) is 3.07. The molecule has 0 unspecified atom stereocenters. The Labute approximate surface area is 243 Å². The molecule has 5 rings (SSSR count). The molecule has 0 aliphatic carbocycles. The van der Waals surface area contributed by atoms with Gasteiger partial charge in [-0.25, -0.2) is 9.59 Å². The Morgan fingerprint density at radius 1 is 0.881 bits per heavy atom. The zero-order chi connectivity index (χ0) is 30.0. The predicted octanol–water partition coefficient (Wildman–Crippen LogP) is 4.60. The number of fused-ring (bicyclic) bond motifs is 1. The topological polar surface area (TPSA) is 101 Å². The van der Waals surface area contributed by atoms with Gasteiger partial charge in [-0.1, -0.05) is 36.4 Å². The molecule has 1 saturated heterocycles. The number of amides is 1. The summed E-state index contributed by atoms with van der Waals surface area (Å²) in [6.07, 6.45) is -0.439. The van der Waals surface area contributed by atoms with E-state index in [0.29, 0.717) is 40.3 Å². The molecule has 1 aromatic heterocycles. The van der Waals surface area contributed by atoms with E-state index in [0.717, 1.165) is 5.56 Å². The van der Waals surface area contributed by atoms with E-state index in [-0.39, 0.29) is 25.7 Å². The number of likely N-dealkylation sites (tertiary alicyclic amines) is 1. The summed E-state index contributed by atoms with van der Waals surface area (Å²) in [5.74, 6) is 1.55. The summed E-state index contributed by atoms with van der Waals surface area (Å²) in [4.78, 5) is 41.9. The van der Waals surface area contributed by atoms with Crippen molar-refractivity contribution < 1.29 is 23.7 Å². The molecule has 220 valence electrons. The number of hydrogen-bond donors (Lipinski definition) is 0. The molecule has 10 heteroatoms. The quantitative estimate of drug-likeness (QED) is 0.304. The van der Waals surface area contributed by atoms with Crippen molar-refractivity contribution in [3.63, 3.8) is 0 Å². The molecule has 0 atom stereocenters. The third-order valence-electron chi connectivity index (χ3n) is 7.06.